The van der Waals surface area contributed by atoms with Crippen LogP contribution >= 0.6 is 11.3 Å². The van der Waals surface area contributed by atoms with Gasteiger partial charge in [0.15, 0.2) is 10.8 Å². The first-order valence-electron chi connectivity index (χ1n) is 7.80. The van der Waals surface area contributed by atoms with E-state index in [1.165, 1.54) is 28.2 Å². The summed E-state index contributed by atoms with van der Waals surface area (Å²) >= 11 is 1.28. The number of halogens is 1. The molecule has 1 aliphatic heterocycles. The van der Waals surface area contributed by atoms with Gasteiger partial charge < -0.3 is 15.7 Å². The second-order valence-corrected chi connectivity index (χ2v) is 6.86. The van der Waals surface area contributed by atoms with Gasteiger partial charge in [-0.25, -0.2) is 19.2 Å². The second kappa shape index (κ2) is 6.15. The van der Waals surface area contributed by atoms with Gasteiger partial charge in [-0.05, 0) is 12.1 Å². The van der Waals surface area contributed by atoms with E-state index in [1.807, 2.05) is 0 Å². The molecule has 4 rings (SSSR count). The summed E-state index contributed by atoms with van der Waals surface area (Å²) in [6.45, 7) is 0.433. The Balaban J connectivity index is 1.94. The first kappa shape index (κ1) is 16.6. The molecule has 3 aromatic heterocycles. The third kappa shape index (κ3) is 2.63. The molecule has 3 aromatic rings. The molecule has 8 nitrogen and oxygen atoms in total. The van der Waals surface area contributed by atoms with Gasteiger partial charge in [-0.15, -0.1) is 11.3 Å². The molecule has 3 N–H and O–H groups in total. The second-order valence-electron chi connectivity index (χ2n) is 5.99. The lowest BCUT2D eigenvalue weighted by Gasteiger charge is -2.18. The van der Waals surface area contributed by atoms with E-state index >= 15 is 0 Å². The number of anilines is 1. The van der Waals surface area contributed by atoms with Gasteiger partial charge in [0.1, 0.15) is 17.6 Å². The Morgan fingerprint density at radius 3 is 2.81 bits per heavy atom. The van der Waals surface area contributed by atoms with Gasteiger partial charge in [0.2, 0.25) is 5.43 Å². The molecule has 4 heterocycles. The van der Waals surface area contributed by atoms with Crippen LogP contribution in [0.5, 0.6) is 0 Å². The van der Waals surface area contributed by atoms with E-state index in [0.29, 0.717) is 17.5 Å². The topological polar surface area (TPSA) is 114 Å². The average Bonchev–Trinajstić information content (AvgIpc) is 3.25. The van der Waals surface area contributed by atoms with E-state index in [4.69, 9.17) is 5.73 Å². The predicted octanol–water partition coefficient (Wildman–Crippen LogP) is 1.03. The van der Waals surface area contributed by atoms with Crippen molar-refractivity contribution in [3.63, 3.8) is 0 Å². The first-order chi connectivity index (χ1) is 12.5. The Bertz CT molecular complexity index is 1040. The Hall–Kier alpha value is -2.85. The van der Waals surface area contributed by atoms with E-state index < -0.39 is 23.6 Å². The summed E-state index contributed by atoms with van der Waals surface area (Å²) in [5, 5.41) is 11.7. The molecule has 0 amide bonds. The van der Waals surface area contributed by atoms with Crippen molar-refractivity contribution < 1.29 is 14.3 Å². The predicted molar refractivity (Wildman–Crippen MR) is 95.1 cm³/mol. The number of nitrogens with two attached hydrogens (primary N) is 1. The number of carbonyl (C=O) groups is 1. The number of carboxylic acid groups (broad SMARTS) is 1. The van der Waals surface area contributed by atoms with Gasteiger partial charge in [-0.1, -0.05) is 0 Å². The fourth-order valence-corrected chi connectivity index (χ4v) is 3.60. The molecule has 134 valence electrons. The van der Waals surface area contributed by atoms with E-state index in [1.54, 1.807) is 22.5 Å². The molecule has 10 heteroatoms. The van der Waals surface area contributed by atoms with Crippen LogP contribution in [0.1, 0.15) is 10.4 Å². The SMILES string of the molecule is NC1CN(c2ccc3c(=O)c(C(=O)O)cn(-c4nccs4)c3n2)CC1F. The first-order valence-corrected chi connectivity index (χ1v) is 8.68. The Kier molecular flexibility index (Phi) is 3.93. The summed E-state index contributed by atoms with van der Waals surface area (Å²) in [7, 11) is 0. The van der Waals surface area contributed by atoms with E-state index in [0.717, 1.165) is 0 Å². The van der Waals surface area contributed by atoms with Crippen molar-refractivity contribution in [2.45, 2.75) is 12.2 Å². The zero-order chi connectivity index (χ0) is 18.4. The number of aromatic carboxylic acids is 1. The van der Waals surface area contributed by atoms with Crippen molar-refractivity contribution >= 4 is 34.2 Å². The van der Waals surface area contributed by atoms with Crippen molar-refractivity contribution in [2.75, 3.05) is 18.0 Å². The maximum atomic E-state index is 13.8. The van der Waals surface area contributed by atoms with Crippen molar-refractivity contribution in [3.8, 4) is 5.13 Å². The molecular weight excluding hydrogens is 361 g/mol. The Morgan fingerprint density at radius 1 is 1.38 bits per heavy atom. The largest absolute Gasteiger partial charge is 0.477 e. The van der Waals surface area contributed by atoms with Gasteiger partial charge in [0, 0.05) is 24.3 Å². The molecule has 2 unspecified atom stereocenters. The van der Waals surface area contributed by atoms with Gasteiger partial charge in [-0.2, -0.15) is 0 Å². The summed E-state index contributed by atoms with van der Waals surface area (Å²) in [6, 6.07) is 2.49. The lowest BCUT2D eigenvalue weighted by molar-refractivity contribution is 0.0695. The minimum atomic E-state index is -1.32. The smallest absolute Gasteiger partial charge is 0.341 e. The minimum absolute atomic E-state index is 0.119. The highest BCUT2D eigenvalue weighted by Gasteiger charge is 2.31. The number of nitrogens with zero attached hydrogens (tertiary/aromatic N) is 4. The number of hydrogen-bond acceptors (Lipinski definition) is 7. The molecule has 0 radical (unpaired) electrons. The number of hydrogen-bond donors (Lipinski definition) is 2. The van der Waals surface area contributed by atoms with Gasteiger partial charge in [0.05, 0.1) is 18.0 Å². The zero-order valence-corrected chi connectivity index (χ0v) is 14.2. The third-order valence-electron chi connectivity index (χ3n) is 4.31. The number of rotatable bonds is 3. The summed E-state index contributed by atoms with van der Waals surface area (Å²) < 4.78 is 15.2. The van der Waals surface area contributed by atoms with Crippen LogP contribution in [0.25, 0.3) is 16.2 Å². The number of aromatic nitrogens is 3. The third-order valence-corrected chi connectivity index (χ3v) is 5.08. The summed E-state index contributed by atoms with van der Waals surface area (Å²) in [6.07, 6.45) is 1.64. The standard InChI is InChI=1S/C16H14FN5O3S/c17-10-6-21(7-11(10)18)12-2-1-8-13(23)9(15(24)25)5-22(14(8)20-12)16-19-3-4-26-16/h1-5,10-11H,6-7,18H2,(H,24,25). The monoisotopic (exact) mass is 375 g/mol. The summed E-state index contributed by atoms with van der Waals surface area (Å²) in [5.74, 6) is -0.849. The van der Waals surface area contributed by atoms with Gasteiger partial charge in [-0.3, -0.25) is 9.36 Å². The van der Waals surface area contributed by atoms with Crippen LogP contribution in [0.3, 0.4) is 0 Å². The van der Waals surface area contributed by atoms with Crippen LogP contribution in [0.2, 0.25) is 0 Å². The molecular formula is C16H14FN5O3S. The minimum Gasteiger partial charge on any atom is -0.477 e. The van der Waals surface area contributed by atoms with Crippen molar-refractivity contribution in [3.05, 3.63) is 45.7 Å². The molecule has 0 aliphatic carbocycles. The number of alkyl halides is 1. The van der Waals surface area contributed by atoms with Crippen molar-refractivity contribution in [1.29, 1.82) is 0 Å². The fraction of sp³-hybridized carbons (Fsp3) is 0.250. The number of carboxylic acids is 1. The summed E-state index contributed by atoms with van der Waals surface area (Å²) in [5.41, 5.74) is 5.01. The Morgan fingerprint density at radius 2 is 2.19 bits per heavy atom. The molecule has 0 spiro atoms. The molecule has 0 aromatic carbocycles. The number of fused-ring (bicyclic) bond motifs is 1. The van der Waals surface area contributed by atoms with E-state index in [-0.39, 0.29) is 23.1 Å². The molecule has 1 fully saturated rings. The lowest BCUT2D eigenvalue weighted by atomic mass is 10.2. The molecule has 1 saturated heterocycles. The molecule has 2 atom stereocenters. The molecule has 0 bridgehead atoms. The van der Waals surface area contributed by atoms with Crippen LogP contribution in [0.4, 0.5) is 10.2 Å². The fourth-order valence-electron chi connectivity index (χ4n) is 2.98. The van der Waals surface area contributed by atoms with Gasteiger partial charge in [0.25, 0.3) is 0 Å². The highest BCUT2D eigenvalue weighted by atomic mass is 32.1. The number of pyridine rings is 2. The zero-order valence-electron chi connectivity index (χ0n) is 13.4. The molecule has 1 aliphatic rings. The van der Waals surface area contributed by atoms with Gasteiger partial charge >= 0.3 is 5.97 Å². The van der Waals surface area contributed by atoms with Crippen LogP contribution in [0, 0.1) is 0 Å². The highest BCUT2D eigenvalue weighted by Crippen LogP contribution is 2.24. The normalized spacial score (nSPS) is 20.0. The maximum Gasteiger partial charge on any atom is 0.341 e. The van der Waals surface area contributed by atoms with Crippen molar-refractivity contribution in [2.24, 2.45) is 5.73 Å². The Labute approximate surface area is 150 Å². The van der Waals surface area contributed by atoms with E-state index in [2.05, 4.69) is 9.97 Å². The van der Waals surface area contributed by atoms with Crippen LogP contribution < -0.4 is 16.1 Å². The lowest BCUT2D eigenvalue weighted by Crippen LogP contribution is -2.30. The van der Waals surface area contributed by atoms with E-state index in [9.17, 15) is 19.1 Å². The van der Waals surface area contributed by atoms with Crippen LogP contribution in [-0.2, 0) is 0 Å². The number of thiazole rings is 1. The highest BCUT2D eigenvalue weighted by molar-refractivity contribution is 7.12. The van der Waals surface area contributed by atoms with Crippen LogP contribution in [0.15, 0.2) is 34.7 Å². The molecule has 26 heavy (non-hydrogen) atoms. The average molecular weight is 375 g/mol. The summed E-state index contributed by atoms with van der Waals surface area (Å²) in [4.78, 5) is 34.3. The quantitative estimate of drug-likeness (QED) is 0.702. The van der Waals surface area contributed by atoms with Crippen LogP contribution in [-0.4, -0.2) is 50.9 Å². The maximum absolute atomic E-state index is 13.8. The van der Waals surface area contributed by atoms with Crippen molar-refractivity contribution in [1.82, 2.24) is 14.5 Å². The molecule has 0 saturated carbocycles.